The molecule has 28 heavy (non-hydrogen) atoms. The molecule has 0 bridgehead atoms. The van der Waals surface area contributed by atoms with E-state index in [9.17, 15) is 0 Å². The summed E-state index contributed by atoms with van der Waals surface area (Å²) in [6.07, 6.45) is 14.1. The van der Waals surface area contributed by atoms with Crippen molar-refractivity contribution >= 4 is 17.3 Å². The summed E-state index contributed by atoms with van der Waals surface area (Å²) in [7, 11) is 0. The van der Waals surface area contributed by atoms with E-state index in [2.05, 4.69) is 66.4 Å². The van der Waals surface area contributed by atoms with Crippen molar-refractivity contribution < 1.29 is 0 Å². The minimum Gasteiger partial charge on any atom is -0.360 e. The Morgan fingerprint density at radius 3 is 2.61 bits per heavy atom. The van der Waals surface area contributed by atoms with Crippen LogP contribution in [-0.2, 0) is 6.54 Å². The third-order valence-corrected chi connectivity index (χ3v) is 6.13. The molecule has 0 radical (unpaired) electrons. The van der Waals surface area contributed by atoms with E-state index in [1.165, 1.54) is 18.4 Å². The quantitative estimate of drug-likeness (QED) is 0.565. The van der Waals surface area contributed by atoms with Crippen molar-refractivity contribution in [2.24, 2.45) is 5.92 Å². The Kier molecular flexibility index (Phi) is 6.77. The normalized spacial score (nSPS) is 23.9. The minimum atomic E-state index is 0.109. The Balaban J connectivity index is 1.69. The van der Waals surface area contributed by atoms with Crippen LogP contribution in [0.25, 0.3) is 0 Å². The third-order valence-electron chi connectivity index (χ3n) is 5.76. The van der Waals surface area contributed by atoms with E-state index in [-0.39, 0.29) is 11.1 Å². The van der Waals surface area contributed by atoms with Gasteiger partial charge < -0.3 is 15.5 Å². The van der Waals surface area contributed by atoms with Crippen molar-refractivity contribution in [1.82, 2.24) is 20.5 Å². The summed E-state index contributed by atoms with van der Waals surface area (Å²) in [4.78, 5) is 6.65. The van der Waals surface area contributed by atoms with Gasteiger partial charge in [-0.2, -0.15) is 0 Å². The number of piperidine rings is 1. The Bertz CT molecular complexity index is 667. The summed E-state index contributed by atoms with van der Waals surface area (Å²) in [5, 5.41) is 8.36. The predicted octanol–water partition coefficient (Wildman–Crippen LogP) is 4.42. The molecule has 0 spiro atoms. The van der Waals surface area contributed by atoms with Crippen molar-refractivity contribution in [3.63, 3.8) is 0 Å². The molecule has 5 heteroatoms. The van der Waals surface area contributed by atoms with Crippen LogP contribution in [0.5, 0.6) is 0 Å². The molecule has 4 nitrogen and oxygen atoms in total. The van der Waals surface area contributed by atoms with Crippen LogP contribution in [0.15, 0.2) is 36.7 Å². The molecule has 1 unspecified atom stereocenters. The number of nitrogens with one attached hydrogen (secondary N) is 2. The number of allylic oxidation sites excluding steroid dienone is 2. The topological polar surface area (TPSA) is 40.2 Å². The van der Waals surface area contributed by atoms with Gasteiger partial charge in [-0.3, -0.25) is 4.98 Å². The molecule has 1 atom stereocenters. The maximum Gasteiger partial charge on any atom is 0.169 e. The van der Waals surface area contributed by atoms with Gasteiger partial charge >= 0.3 is 0 Å². The zero-order valence-electron chi connectivity index (χ0n) is 17.9. The van der Waals surface area contributed by atoms with Crippen LogP contribution in [0.3, 0.4) is 0 Å². The lowest BCUT2D eigenvalue weighted by atomic mass is 9.80. The number of hydrogen-bond acceptors (Lipinski definition) is 3. The second kappa shape index (κ2) is 8.91. The van der Waals surface area contributed by atoms with E-state index in [0.29, 0.717) is 12.0 Å². The van der Waals surface area contributed by atoms with Crippen molar-refractivity contribution in [1.29, 1.82) is 0 Å². The van der Waals surface area contributed by atoms with Gasteiger partial charge in [-0.1, -0.05) is 18.2 Å². The number of pyridine rings is 1. The Morgan fingerprint density at radius 1 is 1.25 bits per heavy atom. The van der Waals surface area contributed by atoms with Gasteiger partial charge in [0, 0.05) is 42.6 Å². The predicted molar refractivity (Wildman–Crippen MR) is 121 cm³/mol. The fourth-order valence-corrected chi connectivity index (χ4v) is 5.26. The lowest BCUT2D eigenvalue weighted by molar-refractivity contribution is 0.153. The molecular weight excluding hydrogens is 364 g/mol. The first kappa shape index (κ1) is 21.3. The number of nitrogens with zero attached hydrogens (tertiary/aromatic N) is 2. The van der Waals surface area contributed by atoms with Crippen molar-refractivity contribution in [3.05, 3.63) is 42.2 Å². The van der Waals surface area contributed by atoms with Crippen molar-refractivity contribution in [2.75, 3.05) is 6.54 Å². The molecule has 2 N–H and O–H groups in total. The molecule has 0 amide bonds. The Labute approximate surface area is 176 Å². The molecule has 1 aromatic rings. The molecule has 0 aromatic carbocycles. The first-order valence-corrected chi connectivity index (χ1v) is 11.0. The molecule has 1 aliphatic carbocycles. The van der Waals surface area contributed by atoms with Crippen LogP contribution in [0.1, 0.15) is 65.4 Å². The molecule has 1 saturated heterocycles. The van der Waals surface area contributed by atoms with E-state index >= 15 is 0 Å². The van der Waals surface area contributed by atoms with Crippen LogP contribution in [0.2, 0.25) is 0 Å². The van der Waals surface area contributed by atoms with Gasteiger partial charge in [-0.05, 0) is 89.6 Å². The highest BCUT2D eigenvalue weighted by molar-refractivity contribution is 7.80. The maximum atomic E-state index is 5.93. The molecule has 2 heterocycles. The summed E-state index contributed by atoms with van der Waals surface area (Å²) < 4.78 is 0. The fourth-order valence-electron chi connectivity index (χ4n) is 4.96. The Hall–Kier alpha value is -1.46. The molecule has 0 saturated carbocycles. The van der Waals surface area contributed by atoms with Gasteiger partial charge in [0.15, 0.2) is 5.11 Å². The number of hydrogen-bond donors (Lipinski definition) is 2. The van der Waals surface area contributed by atoms with Crippen molar-refractivity contribution in [3.8, 4) is 0 Å². The summed E-state index contributed by atoms with van der Waals surface area (Å²) >= 11 is 5.93. The molecular formula is C23H36N4S. The highest BCUT2D eigenvalue weighted by Crippen LogP contribution is 2.29. The van der Waals surface area contributed by atoms with E-state index in [4.69, 9.17) is 12.2 Å². The minimum absolute atomic E-state index is 0.109. The van der Waals surface area contributed by atoms with Gasteiger partial charge in [-0.25, -0.2) is 0 Å². The van der Waals surface area contributed by atoms with Gasteiger partial charge in [0.2, 0.25) is 0 Å². The lowest BCUT2D eigenvalue weighted by Gasteiger charge is -2.47. The summed E-state index contributed by atoms with van der Waals surface area (Å²) in [5.41, 5.74) is 1.43. The van der Waals surface area contributed by atoms with Gasteiger partial charge in [-0.15, -0.1) is 0 Å². The summed E-state index contributed by atoms with van der Waals surface area (Å²) in [5.74, 6) is 0.669. The fraction of sp³-hybridized carbons (Fsp3) is 0.652. The number of aromatic nitrogens is 1. The third kappa shape index (κ3) is 6.28. The molecule has 2 aliphatic rings. The highest BCUT2D eigenvalue weighted by atomic mass is 32.1. The molecule has 1 fully saturated rings. The monoisotopic (exact) mass is 400 g/mol. The average Bonchev–Trinajstić information content (AvgIpc) is 2.60. The maximum absolute atomic E-state index is 5.93. The van der Waals surface area contributed by atoms with Crippen LogP contribution >= 0.6 is 12.2 Å². The standard InChI is InChI=1S/C23H36N4S/c1-22(2)13-20(14-23(3,4)26-22)25-21(28)27(16-18-9-6-5-7-10-18)17-19-11-8-12-24-15-19/h5-6,8,11-12,15,18,20,26H,7,9-10,13-14,16-17H2,1-4H3,(H,25,28). The summed E-state index contributed by atoms with van der Waals surface area (Å²) in [6.45, 7) is 11.0. The SMILES string of the molecule is CC1(C)CC(NC(=S)N(Cc2cccnc2)CC2CC=CCC2)CC(C)(C)N1. The molecule has 1 aliphatic heterocycles. The van der Waals surface area contributed by atoms with E-state index < -0.39 is 0 Å². The van der Waals surface area contributed by atoms with Crippen LogP contribution in [0.4, 0.5) is 0 Å². The smallest absolute Gasteiger partial charge is 0.169 e. The molecule has 154 valence electrons. The number of rotatable bonds is 5. The second-order valence-corrected chi connectivity index (χ2v) is 10.2. The van der Waals surface area contributed by atoms with Crippen LogP contribution < -0.4 is 10.6 Å². The average molecular weight is 401 g/mol. The summed E-state index contributed by atoms with van der Waals surface area (Å²) in [6, 6.07) is 4.53. The van der Waals surface area contributed by atoms with E-state index in [1.54, 1.807) is 0 Å². The molecule has 1 aromatic heterocycles. The second-order valence-electron chi connectivity index (χ2n) is 9.84. The van der Waals surface area contributed by atoms with Gasteiger partial charge in [0.25, 0.3) is 0 Å². The zero-order chi connectivity index (χ0) is 20.2. The van der Waals surface area contributed by atoms with Gasteiger partial charge in [0.1, 0.15) is 0 Å². The van der Waals surface area contributed by atoms with Crippen molar-refractivity contribution in [2.45, 2.75) is 83.5 Å². The van der Waals surface area contributed by atoms with Crippen LogP contribution in [0, 0.1) is 5.92 Å². The highest BCUT2D eigenvalue weighted by Gasteiger charge is 2.38. The lowest BCUT2D eigenvalue weighted by Crippen LogP contribution is -2.63. The van der Waals surface area contributed by atoms with E-state index in [1.807, 2.05) is 18.5 Å². The van der Waals surface area contributed by atoms with Gasteiger partial charge in [0.05, 0.1) is 0 Å². The van der Waals surface area contributed by atoms with E-state index in [0.717, 1.165) is 37.5 Å². The molecule has 3 rings (SSSR count). The zero-order valence-corrected chi connectivity index (χ0v) is 18.7. The number of thiocarbonyl (C=S) groups is 1. The largest absolute Gasteiger partial charge is 0.360 e. The first-order chi connectivity index (χ1) is 13.2. The first-order valence-electron chi connectivity index (χ1n) is 10.6. The Morgan fingerprint density at radius 2 is 2.00 bits per heavy atom. The van der Waals surface area contributed by atoms with Crippen LogP contribution in [-0.4, -0.2) is 38.7 Å².